The lowest BCUT2D eigenvalue weighted by Crippen LogP contribution is -2.02. The first-order valence-corrected chi connectivity index (χ1v) is 11.5. The van der Waals surface area contributed by atoms with E-state index in [1.165, 1.54) is 6.08 Å². The number of hydrogen-bond acceptors (Lipinski definition) is 5. The van der Waals surface area contributed by atoms with Gasteiger partial charge in [-0.05, 0) is 42.3 Å². The minimum atomic E-state index is -0.367. The van der Waals surface area contributed by atoms with E-state index in [-0.39, 0.29) is 5.97 Å². The van der Waals surface area contributed by atoms with Crippen molar-refractivity contribution >= 4 is 22.9 Å². The number of benzene rings is 3. The van der Waals surface area contributed by atoms with Gasteiger partial charge in [0.1, 0.15) is 13.2 Å². The zero-order valence-electron chi connectivity index (χ0n) is 19.6. The van der Waals surface area contributed by atoms with Gasteiger partial charge in [-0.15, -0.1) is 0 Å². The van der Waals surface area contributed by atoms with Gasteiger partial charge in [-0.3, -0.25) is 0 Å². The van der Waals surface area contributed by atoms with Gasteiger partial charge in [0, 0.05) is 11.5 Å². The molecule has 0 aliphatic heterocycles. The highest BCUT2D eigenvalue weighted by atomic mass is 16.5. The van der Waals surface area contributed by atoms with Gasteiger partial charge in [0.05, 0.1) is 17.8 Å². The number of rotatable bonds is 10. The number of hydrogen-bond donors (Lipinski definition) is 0. The zero-order valence-corrected chi connectivity index (χ0v) is 19.6. The Balaban J connectivity index is 1.51. The number of ether oxygens (including phenoxy) is 3. The molecule has 0 aliphatic rings. The van der Waals surface area contributed by atoms with Crippen molar-refractivity contribution in [2.75, 3.05) is 6.61 Å². The Morgan fingerprint density at radius 2 is 1.63 bits per heavy atom. The van der Waals surface area contributed by atoms with Crippen molar-refractivity contribution in [2.45, 2.75) is 20.1 Å². The maximum atomic E-state index is 11.5. The Morgan fingerprint density at radius 3 is 2.49 bits per heavy atom. The van der Waals surface area contributed by atoms with E-state index in [1.54, 1.807) is 19.1 Å². The number of esters is 1. The number of pyridine rings is 1. The third kappa shape index (κ3) is 7.05. The highest BCUT2D eigenvalue weighted by Gasteiger charge is 2.08. The van der Waals surface area contributed by atoms with Crippen LogP contribution in [-0.4, -0.2) is 17.6 Å². The minimum Gasteiger partial charge on any atom is -0.485 e. The lowest BCUT2D eigenvalue weighted by Gasteiger charge is -2.14. The molecule has 0 radical (unpaired) electrons. The number of fused-ring (bicyclic) bond motifs is 1. The molecule has 0 saturated carbocycles. The second-order valence-corrected chi connectivity index (χ2v) is 7.73. The molecule has 0 amide bonds. The van der Waals surface area contributed by atoms with Gasteiger partial charge in [0.15, 0.2) is 11.5 Å². The number of para-hydroxylation sites is 1. The predicted octanol–water partition coefficient (Wildman–Crippen LogP) is 6.53. The molecule has 0 spiro atoms. The van der Waals surface area contributed by atoms with E-state index in [2.05, 4.69) is 0 Å². The molecule has 0 unspecified atom stereocenters. The SMILES string of the molecule is CCOC(=O)C=CC=Cc1ccc(OCc2ccccc2)c(OCc2ccc3ccccc3n2)c1. The van der Waals surface area contributed by atoms with Crippen molar-refractivity contribution in [3.63, 3.8) is 0 Å². The van der Waals surface area contributed by atoms with Crippen LogP contribution >= 0.6 is 0 Å². The fourth-order valence-corrected chi connectivity index (χ4v) is 3.43. The van der Waals surface area contributed by atoms with E-state index >= 15 is 0 Å². The molecule has 5 heteroatoms. The van der Waals surface area contributed by atoms with Crippen molar-refractivity contribution in [2.24, 2.45) is 0 Å². The van der Waals surface area contributed by atoms with Gasteiger partial charge in [-0.1, -0.05) is 78.9 Å². The molecule has 0 bridgehead atoms. The maximum absolute atomic E-state index is 11.5. The van der Waals surface area contributed by atoms with E-state index in [0.717, 1.165) is 27.7 Å². The summed E-state index contributed by atoms with van der Waals surface area (Å²) in [5.74, 6) is 0.898. The number of carbonyl (C=O) groups is 1. The van der Waals surface area contributed by atoms with Crippen LogP contribution in [-0.2, 0) is 22.7 Å². The van der Waals surface area contributed by atoms with Crippen LogP contribution in [0.5, 0.6) is 11.5 Å². The van der Waals surface area contributed by atoms with Crippen molar-refractivity contribution in [3.8, 4) is 11.5 Å². The van der Waals surface area contributed by atoms with Crippen molar-refractivity contribution in [3.05, 3.63) is 120 Å². The summed E-state index contributed by atoms with van der Waals surface area (Å²) in [5.41, 5.74) is 3.74. The fourth-order valence-electron chi connectivity index (χ4n) is 3.43. The molecule has 4 rings (SSSR count). The Bertz CT molecular complexity index is 1330. The first-order valence-electron chi connectivity index (χ1n) is 11.5. The average Bonchev–Trinajstić information content (AvgIpc) is 2.90. The standard InChI is InChI=1S/C30H27NO4/c1-2-33-30(32)15-9-6-10-23-16-19-28(34-21-24-11-4-3-5-12-24)29(20-23)35-22-26-18-17-25-13-7-8-14-27(25)31-26/h3-20H,2,21-22H2,1H3. The number of nitrogens with zero attached hydrogens (tertiary/aromatic N) is 1. The summed E-state index contributed by atoms with van der Waals surface area (Å²) in [6.45, 7) is 2.87. The van der Waals surface area contributed by atoms with Crippen LogP contribution in [0.15, 0.2) is 103 Å². The Labute approximate surface area is 205 Å². The van der Waals surface area contributed by atoms with Crippen LogP contribution in [0, 0.1) is 0 Å². The van der Waals surface area contributed by atoms with E-state index in [1.807, 2.05) is 91.0 Å². The number of aromatic nitrogens is 1. The molecule has 0 saturated heterocycles. The van der Waals surface area contributed by atoms with Crippen molar-refractivity contribution in [1.82, 2.24) is 4.98 Å². The van der Waals surface area contributed by atoms with Gasteiger partial charge < -0.3 is 14.2 Å². The number of allylic oxidation sites excluding steroid dienone is 2. The lowest BCUT2D eigenvalue weighted by atomic mass is 10.1. The van der Waals surface area contributed by atoms with Crippen LogP contribution in [0.4, 0.5) is 0 Å². The topological polar surface area (TPSA) is 57.7 Å². The van der Waals surface area contributed by atoms with Gasteiger partial charge in [-0.2, -0.15) is 0 Å². The average molecular weight is 466 g/mol. The maximum Gasteiger partial charge on any atom is 0.330 e. The quantitative estimate of drug-likeness (QED) is 0.151. The van der Waals surface area contributed by atoms with Gasteiger partial charge in [0.25, 0.3) is 0 Å². The monoisotopic (exact) mass is 465 g/mol. The Morgan fingerprint density at radius 1 is 0.829 bits per heavy atom. The van der Waals surface area contributed by atoms with Crippen LogP contribution in [0.25, 0.3) is 17.0 Å². The minimum absolute atomic E-state index is 0.308. The molecule has 1 aromatic heterocycles. The first-order chi connectivity index (χ1) is 17.2. The van der Waals surface area contributed by atoms with Gasteiger partial charge >= 0.3 is 5.97 Å². The van der Waals surface area contributed by atoms with E-state index in [9.17, 15) is 4.79 Å². The molecule has 35 heavy (non-hydrogen) atoms. The molecule has 0 N–H and O–H groups in total. The molecule has 5 nitrogen and oxygen atoms in total. The summed E-state index contributed by atoms with van der Waals surface area (Å²) in [5, 5.41) is 1.09. The third-order valence-electron chi connectivity index (χ3n) is 5.16. The molecule has 176 valence electrons. The summed E-state index contributed by atoms with van der Waals surface area (Å²) in [4.78, 5) is 16.2. The third-order valence-corrected chi connectivity index (χ3v) is 5.16. The summed E-state index contributed by atoms with van der Waals surface area (Å²) < 4.78 is 17.1. The van der Waals surface area contributed by atoms with E-state index in [0.29, 0.717) is 31.3 Å². The predicted molar refractivity (Wildman–Crippen MR) is 138 cm³/mol. The van der Waals surface area contributed by atoms with E-state index in [4.69, 9.17) is 19.2 Å². The van der Waals surface area contributed by atoms with Crippen LogP contribution in [0.1, 0.15) is 23.7 Å². The smallest absolute Gasteiger partial charge is 0.330 e. The van der Waals surface area contributed by atoms with Crippen LogP contribution in [0.3, 0.4) is 0 Å². The Hall–Kier alpha value is -4.38. The van der Waals surface area contributed by atoms with E-state index < -0.39 is 0 Å². The molecule has 1 heterocycles. The largest absolute Gasteiger partial charge is 0.485 e. The van der Waals surface area contributed by atoms with Crippen molar-refractivity contribution in [1.29, 1.82) is 0 Å². The molecule has 0 fully saturated rings. The van der Waals surface area contributed by atoms with Crippen molar-refractivity contribution < 1.29 is 19.0 Å². The van der Waals surface area contributed by atoms with Crippen LogP contribution in [0.2, 0.25) is 0 Å². The summed E-state index contributed by atoms with van der Waals surface area (Å²) in [6, 6.07) is 27.7. The number of carbonyl (C=O) groups excluding carboxylic acids is 1. The first kappa shape index (κ1) is 23.8. The second-order valence-electron chi connectivity index (χ2n) is 7.73. The highest BCUT2D eigenvalue weighted by Crippen LogP contribution is 2.30. The molecule has 3 aromatic carbocycles. The van der Waals surface area contributed by atoms with Gasteiger partial charge in [0.2, 0.25) is 0 Å². The molecular weight excluding hydrogens is 438 g/mol. The summed E-state index contributed by atoms with van der Waals surface area (Å²) >= 11 is 0. The summed E-state index contributed by atoms with van der Waals surface area (Å²) in [7, 11) is 0. The summed E-state index contributed by atoms with van der Waals surface area (Å²) in [6.07, 6.45) is 6.71. The zero-order chi connectivity index (χ0) is 24.3. The molecule has 0 atom stereocenters. The molecule has 4 aromatic rings. The molecular formula is C30H27NO4. The van der Waals surface area contributed by atoms with Crippen LogP contribution < -0.4 is 9.47 Å². The second kappa shape index (κ2) is 12.2. The molecule has 0 aliphatic carbocycles. The lowest BCUT2D eigenvalue weighted by molar-refractivity contribution is -0.137. The Kier molecular flexibility index (Phi) is 8.28. The fraction of sp³-hybridized carbons (Fsp3) is 0.133. The normalized spacial score (nSPS) is 11.2. The highest BCUT2D eigenvalue weighted by molar-refractivity contribution is 5.82. The van der Waals surface area contributed by atoms with Gasteiger partial charge in [-0.25, -0.2) is 9.78 Å².